The summed E-state index contributed by atoms with van der Waals surface area (Å²) in [5.41, 5.74) is 4.38. The van der Waals surface area contributed by atoms with Gasteiger partial charge in [-0.3, -0.25) is 0 Å². The van der Waals surface area contributed by atoms with Gasteiger partial charge in [-0.1, -0.05) is 27.2 Å². The number of hydrazone groups is 1. The fourth-order valence-corrected chi connectivity index (χ4v) is 0.942. The first kappa shape index (κ1) is 11.5. The van der Waals surface area contributed by atoms with Crippen LogP contribution in [0.3, 0.4) is 0 Å². The highest BCUT2D eigenvalue weighted by Crippen LogP contribution is 2.03. The van der Waals surface area contributed by atoms with Crippen molar-refractivity contribution in [2.45, 2.75) is 53.5 Å². The molecular weight excluding hydrogens is 148 g/mol. The molecule has 0 saturated carbocycles. The monoisotopic (exact) mass is 170 g/mol. The normalized spacial score (nSPS) is 12.8. The molecule has 2 heteroatoms. The summed E-state index contributed by atoms with van der Waals surface area (Å²) >= 11 is 0. The third-order valence-corrected chi connectivity index (χ3v) is 1.64. The highest BCUT2D eigenvalue weighted by Gasteiger charge is 2.03. The van der Waals surface area contributed by atoms with Gasteiger partial charge in [0.2, 0.25) is 0 Å². The van der Waals surface area contributed by atoms with Crippen LogP contribution < -0.4 is 5.43 Å². The van der Waals surface area contributed by atoms with Gasteiger partial charge >= 0.3 is 0 Å². The summed E-state index contributed by atoms with van der Waals surface area (Å²) in [7, 11) is 0. The molecular formula is C10H22N2. The number of hydrogen-bond donors (Lipinski definition) is 1. The maximum atomic E-state index is 4.38. The molecule has 0 aliphatic rings. The van der Waals surface area contributed by atoms with Crippen LogP contribution in [-0.2, 0) is 0 Å². The molecule has 0 aliphatic heterocycles. The Bertz CT molecular complexity index is 137. The van der Waals surface area contributed by atoms with E-state index in [1.807, 2.05) is 0 Å². The molecule has 0 aromatic carbocycles. The molecule has 2 nitrogen and oxygen atoms in total. The fourth-order valence-electron chi connectivity index (χ4n) is 0.942. The van der Waals surface area contributed by atoms with Gasteiger partial charge in [0.15, 0.2) is 0 Å². The lowest BCUT2D eigenvalue weighted by atomic mass is 10.0. The van der Waals surface area contributed by atoms with Gasteiger partial charge in [0, 0.05) is 11.8 Å². The predicted molar refractivity (Wildman–Crippen MR) is 55.5 cm³/mol. The van der Waals surface area contributed by atoms with E-state index in [4.69, 9.17) is 0 Å². The summed E-state index contributed by atoms with van der Waals surface area (Å²) < 4.78 is 0. The van der Waals surface area contributed by atoms with Crippen molar-refractivity contribution in [1.82, 2.24) is 5.43 Å². The van der Waals surface area contributed by atoms with Crippen LogP contribution in [0.4, 0.5) is 0 Å². The van der Waals surface area contributed by atoms with E-state index >= 15 is 0 Å². The van der Waals surface area contributed by atoms with E-state index in [-0.39, 0.29) is 0 Å². The molecule has 0 radical (unpaired) electrons. The molecule has 0 aliphatic carbocycles. The average molecular weight is 170 g/mol. The standard InChI is InChI=1S/C10H22N2/c1-6-7-10(8(2)3)12-11-9(4)5/h8-9,11H,6-7H2,1-5H3/b12-10-. The maximum Gasteiger partial charge on any atom is 0.0403 e. The van der Waals surface area contributed by atoms with Crippen molar-refractivity contribution >= 4 is 5.71 Å². The summed E-state index contributed by atoms with van der Waals surface area (Å²) in [5.74, 6) is 0.566. The second kappa shape index (κ2) is 6.04. The highest BCUT2D eigenvalue weighted by molar-refractivity contribution is 5.85. The van der Waals surface area contributed by atoms with Crippen molar-refractivity contribution in [3.05, 3.63) is 0 Å². The molecule has 1 N–H and O–H groups in total. The molecule has 0 aromatic rings. The molecule has 0 unspecified atom stereocenters. The minimum absolute atomic E-state index is 0.440. The second-order valence-corrected chi connectivity index (χ2v) is 3.79. The molecule has 0 heterocycles. The van der Waals surface area contributed by atoms with Crippen LogP contribution in [-0.4, -0.2) is 11.8 Å². The Morgan fingerprint density at radius 1 is 1.25 bits per heavy atom. The summed E-state index contributed by atoms with van der Waals surface area (Å²) in [5, 5.41) is 4.38. The van der Waals surface area contributed by atoms with Crippen LogP contribution in [0.25, 0.3) is 0 Å². The number of hydrogen-bond acceptors (Lipinski definition) is 2. The molecule has 12 heavy (non-hydrogen) atoms. The van der Waals surface area contributed by atoms with Gasteiger partial charge in [0.05, 0.1) is 0 Å². The van der Waals surface area contributed by atoms with Crippen molar-refractivity contribution < 1.29 is 0 Å². The van der Waals surface area contributed by atoms with Crippen molar-refractivity contribution in [1.29, 1.82) is 0 Å². The number of rotatable bonds is 5. The second-order valence-electron chi connectivity index (χ2n) is 3.79. The number of nitrogens with zero attached hydrogens (tertiary/aromatic N) is 1. The lowest BCUT2D eigenvalue weighted by Crippen LogP contribution is -2.20. The van der Waals surface area contributed by atoms with Crippen LogP contribution in [0.1, 0.15) is 47.5 Å². The van der Waals surface area contributed by atoms with Gasteiger partial charge in [-0.05, 0) is 26.2 Å². The first-order chi connectivity index (χ1) is 5.57. The van der Waals surface area contributed by atoms with Gasteiger partial charge < -0.3 is 5.43 Å². The SMILES string of the molecule is CCC/C(=N/NC(C)C)C(C)C. The van der Waals surface area contributed by atoms with Crippen molar-refractivity contribution in [3.63, 3.8) is 0 Å². The Kier molecular flexibility index (Phi) is 5.77. The Balaban J connectivity index is 3.99. The summed E-state index contributed by atoms with van der Waals surface area (Å²) in [6.07, 6.45) is 2.29. The zero-order chi connectivity index (χ0) is 9.56. The molecule has 72 valence electrons. The van der Waals surface area contributed by atoms with Crippen LogP contribution in [0, 0.1) is 5.92 Å². The topological polar surface area (TPSA) is 24.4 Å². The minimum Gasteiger partial charge on any atom is -0.308 e. The van der Waals surface area contributed by atoms with Crippen LogP contribution in [0.2, 0.25) is 0 Å². The van der Waals surface area contributed by atoms with E-state index in [9.17, 15) is 0 Å². The van der Waals surface area contributed by atoms with Crippen LogP contribution >= 0.6 is 0 Å². The van der Waals surface area contributed by atoms with Gasteiger partial charge in [0.25, 0.3) is 0 Å². The van der Waals surface area contributed by atoms with Gasteiger partial charge in [-0.15, -0.1) is 0 Å². The van der Waals surface area contributed by atoms with Crippen LogP contribution in [0.15, 0.2) is 5.10 Å². The Morgan fingerprint density at radius 3 is 2.17 bits per heavy atom. The molecule has 0 amide bonds. The molecule has 0 spiro atoms. The molecule has 0 atom stereocenters. The summed E-state index contributed by atoms with van der Waals surface area (Å²) in [6, 6.07) is 0.440. The van der Waals surface area contributed by atoms with Crippen LogP contribution in [0.5, 0.6) is 0 Å². The summed E-state index contributed by atoms with van der Waals surface area (Å²) in [6.45, 7) is 10.8. The Morgan fingerprint density at radius 2 is 1.83 bits per heavy atom. The Hall–Kier alpha value is -0.530. The first-order valence-electron chi connectivity index (χ1n) is 4.89. The number of nitrogens with one attached hydrogen (secondary N) is 1. The molecule has 0 fully saturated rings. The van der Waals surface area contributed by atoms with E-state index in [2.05, 4.69) is 45.1 Å². The fraction of sp³-hybridized carbons (Fsp3) is 0.900. The van der Waals surface area contributed by atoms with Gasteiger partial charge in [-0.25, -0.2) is 0 Å². The highest BCUT2D eigenvalue weighted by atomic mass is 15.3. The van der Waals surface area contributed by atoms with E-state index in [1.54, 1.807) is 0 Å². The largest absolute Gasteiger partial charge is 0.308 e. The lowest BCUT2D eigenvalue weighted by molar-refractivity contribution is 0.610. The van der Waals surface area contributed by atoms with E-state index in [0.29, 0.717) is 12.0 Å². The third-order valence-electron chi connectivity index (χ3n) is 1.64. The van der Waals surface area contributed by atoms with E-state index in [1.165, 1.54) is 12.1 Å². The lowest BCUT2D eigenvalue weighted by Gasteiger charge is -2.11. The Labute approximate surface area is 76.4 Å². The van der Waals surface area contributed by atoms with Crippen molar-refractivity contribution in [3.8, 4) is 0 Å². The first-order valence-corrected chi connectivity index (χ1v) is 4.89. The van der Waals surface area contributed by atoms with Gasteiger partial charge in [-0.2, -0.15) is 5.10 Å². The molecule has 0 bridgehead atoms. The smallest absolute Gasteiger partial charge is 0.0403 e. The minimum atomic E-state index is 0.440. The molecule has 0 saturated heterocycles. The molecule has 0 aromatic heterocycles. The summed E-state index contributed by atoms with van der Waals surface area (Å²) in [4.78, 5) is 0. The van der Waals surface area contributed by atoms with Crippen molar-refractivity contribution in [2.75, 3.05) is 0 Å². The molecule has 0 rings (SSSR count). The average Bonchev–Trinajstić information content (AvgIpc) is 1.96. The zero-order valence-corrected chi connectivity index (χ0v) is 9.02. The van der Waals surface area contributed by atoms with Crippen molar-refractivity contribution in [2.24, 2.45) is 11.0 Å². The van der Waals surface area contributed by atoms with E-state index < -0.39 is 0 Å². The third kappa shape index (κ3) is 5.16. The van der Waals surface area contributed by atoms with E-state index in [0.717, 1.165) is 6.42 Å². The maximum absolute atomic E-state index is 4.38. The quantitative estimate of drug-likeness (QED) is 0.498. The van der Waals surface area contributed by atoms with Gasteiger partial charge in [0.1, 0.15) is 0 Å². The predicted octanol–water partition coefficient (Wildman–Crippen LogP) is 2.80. The zero-order valence-electron chi connectivity index (χ0n) is 9.02.